The smallest absolute Gasteiger partial charge is 0.270 e. The summed E-state index contributed by atoms with van der Waals surface area (Å²) in [6.45, 7) is 2.36. The van der Waals surface area contributed by atoms with Crippen molar-refractivity contribution in [3.8, 4) is 0 Å². The number of piperazine rings is 1. The van der Waals surface area contributed by atoms with Gasteiger partial charge in [-0.25, -0.2) is 8.42 Å². The van der Waals surface area contributed by atoms with Crippen molar-refractivity contribution < 1.29 is 18.1 Å². The van der Waals surface area contributed by atoms with Crippen LogP contribution in [0.25, 0.3) is 10.8 Å². The van der Waals surface area contributed by atoms with Crippen molar-refractivity contribution in [1.29, 1.82) is 0 Å². The second-order valence-corrected chi connectivity index (χ2v) is 10.8. The van der Waals surface area contributed by atoms with Crippen LogP contribution in [0.5, 0.6) is 0 Å². The van der Waals surface area contributed by atoms with Gasteiger partial charge in [-0.3, -0.25) is 14.9 Å². The van der Waals surface area contributed by atoms with Crippen LogP contribution >= 0.6 is 0 Å². The third kappa shape index (κ3) is 4.46. The van der Waals surface area contributed by atoms with Crippen LogP contribution in [0.1, 0.15) is 23.2 Å². The molecule has 2 fully saturated rings. The molecule has 0 radical (unpaired) electrons. The lowest BCUT2D eigenvalue weighted by Crippen LogP contribution is -2.50. The van der Waals surface area contributed by atoms with Gasteiger partial charge in [-0.05, 0) is 41.8 Å². The van der Waals surface area contributed by atoms with Crippen molar-refractivity contribution in [3.63, 3.8) is 0 Å². The molecule has 2 saturated heterocycles. The molecule has 182 valence electrons. The Labute approximate surface area is 203 Å². The van der Waals surface area contributed by atoms with E-state index in [9.17, 15) is 23.3 Å². The summed E-state index contributed by atoms with van der Waals surface area (Å²) in [6.07, 6.45) is 2.02. The van der Waals surface area contributed by atoms with Gasteiger partial charge in [-0.15, -0.1) is 0 Å². The number of amides is 1. The second kappa shape index (κ2) is 9.27. The Hall–Kier alpha value is -3.50. The van der Waals surface area contributed by atoms with Crippen LogP contribution in [-0.2, 0) is 10.0 Å². The Morgan fingerprint density at radius 2 is 1.51 bits per heavy atom. The van der Waals surface area contributed by atoms with Gasteiger partial charge in [0.15, 0.2) is 0 Å². The number of nitrogens with zero attached hydrogens (tertiary/aromatic N) is 4. The number of carbonyl (C=O) groups is 1. The normalized spacial score (nSPS) is 17.1. The van der Waals surface area contributed by atoms with Crippen molar-refractivity contribution in [2.75, 3.05) is 44.2 Å². The zero-order valence-corrected chi connectivity index (χ0v) is 20.0. The van der Waals surface area contributed by atoms with Gasteiger partial charge in [0.25, 0.3) is 11.6 Å². The first kappa shape index (κ1) is 23.3. The Morgan fingerprint density at radius 3 is 2.20 bits per heavy atom. The summed E-state index contributed by atoms with van der Waals surface area (Å²) in [6, 6.07) is 17.1. The maximum atomic E-state index is 13.4. The highest BCUT2D eigenvalue weighted by atomic mass is 32.2. The molecular weight excluding hydrogens is 468 g/mol. The summed E-state index contributed by atoms with van der Waals surface area (Å²) >= 11 is 0. The van der Waals surface area contributed by atoms with Gasteiger partial charge >= 0.3 is 0 Å². The Morgan fingerprint density at radius 1 is 0.829 bits per heavy atom. The zero-order chi connectivity index (χ0) is 24.6. The zero-order valence-electron chi connectivity index (χ0n) is 19.2. The van der Waals surface area contributed by atoms with E-state index in [1.165, 1.54) is 16.4 Å². The van der Waals surface area contributed by atoms with Crippen LogP contribution in [0.3, 0.4) is 0 Å². The lowest BCUT2D eigenvalue weighted by molar-refractivity contribution is -0.384. The first-order valence-electron chi connectivity index (χ1n) is 11.7. The number of anilines is 1. The molecule has 0 saturated carbocycles. The van der Waals surface area contributed by atoms with Crippen molar-refractivity contribution >= 4 is 38.1 Å². The van der Waals surface area contributed by atoms with E-state index >= 15 is 0 Å². The topological polar surface area (TPSA) is 104 Å². The van der Waals surface area contributed by atoms with E-state index in [4.69, 9.17) is 0 Å². The number of sulfonamides is 1. The molecular formula is C25H26N4O5S. The van der Waals surface area contributed by atoms with E-state index in [1.807, 2.05) is 24.3 Å². The molecule has 3 aromatic carbocycles. The highest BCUT2D eigenvalue weighted by Crippen LogP contribution is 2.30. The molecule has 0 aliphatic carbocycles. The first-order valence-corrected chi connectivity index (χ1v) is 13.1. The molecule has 3 aromatic rings. The minimum atomic E-state index is -3.71. The predicted molar refractivity (Wildman–Crippen MR) is 133 cm³/mol. The number of nitro groups is 1. The summed E-state index contributed by atoms with van der Waals surface area (Å²) in [5, 5.41) is 13.2. The van der Waals surface area contributed by atoms with Gasteiger partial charge in [-0.1, -0.05) is 30.3 Å². The molecule has 0 atom stereocenters. The van der Waals surface area contributed by atoms with Gasteiger partial charge in [-0.2, -0.15) is 4.31 Å². The van der Waals surface area contributed by atoms with Crippen molar-refractivity contribution in [1.82, 2.24) is 9.21 Å². The summed E-state index contributed by atoms with van der Waals surface area (Å²) in [5.41, 5.74) is 0.866. The maximum Gasteiger partial charge on any atom is 0.270 e. The van der Waals surface area contributed by atoms with Crippen molar-refractivity contribution in [2.45, 2.75) is 17.7 Å². The van der Waals surface area contributed by atoms with Crippen LogP contribution < -0.4 is 4.90 Å². The number of nitro benzene ring substituents is 1. The molecule has 35 heavy (non-hydrogen) atoms. The quantitative estimate of drug-likeness (QED) is 0.397. The summed E-state index contributed by atoms with van der Waals surface area (Å²) in [4.78, 5) is 28.2. The standard InChI is InChI=1S/C25H26N4O5S/c30-25(23-18-21(29(31)32)8-10-24(23)26-11-3-4-12-26)27-13-15-28(16-14-27)35(33,34)22-9-7-19-5-1-2-6-20(19)17-22/h1-2,5-10,17-18H,3-4,11-16H2. The molecule has 0 spiro atoms. The fraction of sp³-hybridized carbons (Fsp3) is 0.320. The third-order valence-electron chi connectivity index (χ3n) is 6.75. The van der Waals surface area contributed by atoms with Gasteiger partial charge in [0.2, 0.25) is 10.0 Å². The summed E-state index contributed by atoms with van der Waals surface area (Å²) in [5.74, 6) is -0.307. The molecule has 0 bridgehead atoms. The Kier molecular flexibility index (Phi) is 6.16. The van der Waals surface area contributed by atoms with E-state index < -0.39 is 14.9 Å². The number of benzene rings is 3. The Balaban J connectivity index is 1.35. The minimum Gasteiger partial charge on any atom is -0.371 e. The average Bonchev–Trinajstić information content (AvgIpc) is 3.42. The number of carbonyl (C=O) groups excluding carboxylic acids is 1. The second-order valence-electron chi connectivity index (χ2n) is 8.86. The van der Waals surface area contributed by atoms with E-state index in [2.05, 4.69) is 4.90 Å². The summed E-state index contributed by atoms with van der Waals surface area (Å²) in [7, 11) is -3.71. The Bertz CT molecular complexity index is 1390. The van der Waals surface area contributed by atoms with E-state index in [0.29, 0.717) is 11.3 Å². The first-order chi connectivity index (χ1) is 16.8. The lowest BCUT2D eigenvalue weighted by atomic mass is 10.1. The van der Waals surface area contributed by atoms with Gasteiger partial charge in [0, 0.05) is 51.4 Å². The number of non-ortho nitro benzene ring substituents is 1. The van der Waals surface area contributed by atoms with E-state index in [1.54, 1.807) is 29.2 Å². The van der Waals surface area contributed by atoms with E-state index in [-0.39, 0.29) is 42.7 Å². The van der Waals surface area contributed by atoms with Crippen molar-refractivity contribution in [3.05, 3.63) is 76.3 Å². The van der Waals surface area contributed by atoms with E-state index in [0.717, 1.165) is 36.7 Å². The number of fused-ring (bicyclic) bond motifs is 1. The van der Waals surface area contributed by atoms with Crippen LogP contribution in [0.15, 0.2) is 65.6 Å². The van der Waals surface area contributed by atoms with Crippen LogP contribution in [-0.4, -0.2) is 67.7 Å². The molecule has 0 N–H and O–H groups in total. The van der Waals surface area contributed by atoms with Gasteiger partial charge in [0.1, 0.15) is 0 Å². The predicted octanol–water partition coefficient (Wildman–Crippen LogP) is 3.49. The SMILES string of the molecule is O=C(c1cc([N+](=O)[O-])ccc1N1CCCC1)N1CCN(S(=O)(=O)c2ccc3ccccc3c2)CC1. The van der Waals surface area contributed by atoms with Gasteiger partial charge < -0.3 is 9.80 Å². The van der Waals surface area contributed by atoms with Crippen LogP contribution in [0, 0.1) is 10.1 Å². The largest absolute Gasteiger partial charge is 0.371 e. The molecule has 10 heteroatoms. The molecule has 5 rings (SSSR count). The average molecular weight is 495 g/mol. The summed E-state index contributed by atoms with van der Waals surface area (Å²) < 4.78 is 27.9. The van der Waals surface area contributed by atoms with Gasteiger partial charge in [0.05, 0.1) is 21.1 Å². The highest BCUT2D eigenvalue weighted by molar-refractivity contribution is 7.89. The van der Waals surface area contributed by atoms with Crippen LogP contribution in [0.2, 0.25) is 0 Å². The fourth-order valence-corrected chi connectivity index (χ4v) is 6.28. The lowest BCUT2D eigenvalue weighted by Gasteiger charge is -2.34. The fourth-order valence-electron chi connectivity index (χ4n) is 4.82. The molecule has 1 amide bonds. The number of hydrogen-bond acceptors (Lipinski definition) is 6. The number of rotatable bonds is 5. The highest BCUT2D eigenvalue weighted by Gasteiger charge is 2.32. The molecule has 2 heterocycles. The molecule has 0 aromatic heterocycles. The third-order valence-corrected chi connectivity index (χ3v) is 8.65. The minimum absolute atomic E-state index is 0.131. The molecule has 2 aliphatic rings. The molecule has 9 nitrogen and oxygen atoms in total. The monoisotopic (exact) mass is 494 g/mol. The number of hydrogen-bond donors (Lipinski definition) is 0. The maximum absolute atomic E-state index is 13.4. The van der Waals surface area contributed by atoms with Crippen molar-refractivity contribution in [2.24, 2.45) is 0 Å². The molecule has 0 unspecified atom stereocenters. The van der Waals surface area contributed by atoms with Crippen LogP contribution in [0.4, 0.5) is 11.4 Å². The molecule has 2 aliphatic heterocycles.